The number of rotatable bonds is 2. The fourth-order valence-electron chi connectivity index (χ4n) is 1.81. The predicted molar refractivity (Wildman–Crippen MR) is 71.2 cm³/mol. The molecule has 88 valence electrons. The summed E-state index contributed by atoms with van der Waals surface area (Å²) in [6.45, 7) is 3.44. The summed E-state index contributed by atoms with van der Waals surface area (Å²) in [4.78, 5) is 15.2. The highest BCUT2D eigenvalue weighted by atomic mass is 35.5. The summed E-state index contributed by atoms with van der Waals surface area (Å²) in [6.07, 6.45) is 0.766. The Bertz CT molecular complexity index is 532. The number of carbonyl (C=O) groups excluding carboxylic acids is 1. The van der Waals surface area contributed by atoms with Gasteiger partial charge in [0, 0.05) is 30.3 Å². The first kappa shape index (κ1) is 11.9. The van der Waals surface area contributed by atoms with Gasteiger partial charge in [-0.1, -0.05) is 23.7 Å². The summed E-state index contributed by atoms with van der Waals surface area (Å²) in [7, 11) is 0. The molecule has 0 bridgehead atoms. The summed E-state index contributed by atoms with van der Waals surface area (Å²) >= 11 is 6.07. The Morgan fingerprint density at radius 1 is 1.47 bits per heavy atom. The zero-order valence-corrected chi connectivity index (χ0v) is 10.5. The number of anilines is 1. The first-order chi connectivity index (χ1) is 8.06. The first-order valence-corrected chi connectivity index (χ1v) is 5.75. The highest BCUT2D eigenvalue weighted by molar-refractivity contribution is 6.35. The summed E-state index contributed by atoms with van der Waals surface area (Å²) < 4.78 is 0. The van der Waals surface area contributed by atoms with Crippen LogP contribution in [0.3, 0.4) is 0 Å². The van der Waals surface area contributed by atoms with Gasteiger partial charge in [0.1, 0.15) is 5.16 Å². The summed E-state index contributed by atoms with van der Waals surface area (Å²) in [5.74, 6) is -0.0823. The molecule has 2 rings (SSSR count). The van der Waals surface area contributed by atoms with E-state index in [2.05, 4.69) is 10.3 Å². The molecule has 1 aliphatic heterocycles. The van der Waals surface area contributed by atoms with Crippen molar-refractivity contribution in [3.05, 3.63) is 35.0 Å². The van der Waals surface area contributed by atoms with E-state index in [0.717, 1.165) is 29.0 Å². The third-order valence-corrected chi connectivity index (χ3v) is 2.81. The molecule has 3 nitrogen and oxygen atoms in total. The molecule has 1 heterocycles. The normalized spacial score (nSPS) is 14.9. The number of benzene rings is 1. The third-order valence-electron chi connectivity index (χ3n) is 2.50. The molecule has 0 unspecified atom stereocenters. The zero-order valence-electron chi connectivity index (χ0n) is 9.75. The van der Waals surface area contributed by atoms with Crippen LogP contribution >= 0.6 is 11.6 Å². The highest BCUT2D eigenvalue weighted by Gasteiger charge is 2.15. The van der Waals surface area contributed by atoms with Gasteiger partial charge in [-0.15, -0.1) is 0 Å². The molecule has 0 radical (unpaired) electrons. The molecule has 1 aromatic carbocycles. The highest BCUT2D eigenvalue weighted by Crippen LogP contribution is 2.32. The van der Waals surface area contributed by atoms with Gasteiger partial charge in [-0.25, -0.2) is 4.99 Å². The number of halogens is 1. The average molecular weight is 249 g/mol. The lowest BCUT2D eigenvalue weighted by molar-refractivity contribution is -0.114. The molecule has 0 aliphatic carbocycles. The SMILES string of the molecule is CC(=O)Nc1cccc(C2=C(Cl)N=C(C)C2)c1. The van der Waals surface area contributed by atoms with Gasteiger partial charge in [-0.05, 0) is 24.6 Å². The fourth-order valence-corrected chi connectivity index (χ4v) is 2.13. The number of allylic oxidation sites excluding steroid dienone is 1. The van der Waals surface area contributed by atoms with E-state index >= 15 is 0 Å². The number of hydrogen-bond donors (Lipinski definition) is 1. The lowest BCUT2D eigenvalue weighted by Crippen LogP contribution is -2.05. The summed E-state index contributed by atoms with van der Waals surface area (Å²) in [5, 5.41) is 3.30. The maximum atomic E-state index is 11.0. The van der Waals surface area contributed by atoms with E-state index in [-0.39, 0.29) is 5.91 Å². The van der Waals surface area contributed by atoms with Gasteiger partial charge in [0.2, 0.25) is 5.91 Å². The van der Waals surface area contributed by atoms with Gasteiger partial charge in [0.05, 0.1) is 0 Å². The van der Waals surface area contributed by atoms with Crippen LogP contribution in [0.1, 0.15) is 25.8 Å². The van der Waals surface area contributed by atoms with E-state index < -0.39 is 0 Å². The largest absolute Gasteiger partial charge is 0.326 e. The van der Waals surface area contributed by atoms with Crippen molar-refractivity contribution in [2.75, 3.05) is 5.32 Å². The van der Waals surface area contributed by atoms with Crippen LogP contribution in [0, 0.1) is 0 Å². The Kier molecular flexibility index (Phi) is 3.29. The van der Waals surface area contributed by atoms with Crippen LogP contribution in [-0.2, 0) is 4.79 Å². The molecule has 0 spiro atoms. The molecule has 1 amide bonds. The minimum atomic E-state index is -0.0823. The van der Waals surface area contributed by atoms with Crippen LogP contribution in [0.15, 0.2) is 34.4 Å². The molecule has 0 atom stereocenters. The first-order valence-electron chi connectivity index (χ1n) is 5.37. The van der Waals surface area contributed by atoms with Gasteiger partial charge in [-0.2, -0.15) is 0 Å². The van der Waals surface area contributed by atoms with Crippen molar-refractivity contribution in [2.45, 2.75) is 20.3 Å². The van der Waals surface area contributed by atoms with Gasteiger partial charge < -0.3 is 5.32 Å². The van der Waals surface area contributed by atoms with E-state index in [1.807, 2.05) is 31.2 Å². The average Bonchev–Trinajstić information content (AvgIpc) is 2.57. The minimum Gasteiger partial charge on any atom is -0.326 e. The van der Waals surface area contributed by atoms with Crippen LogP contribution < -0.4 is 5.32 Å². The Morgan fingerprint density at radius 2 is 2.24 bits per heavy atom. The maximum Gasteiger partial charge on any atom is 0.221 e. The standard InChI is InChI=1S/C13H13ClN2O/c1-8-6-12(13(14)15-8)10-4-3-5-11(7-10)16-9(2)17/h3-5,7H,6H2,1-2H3,(H,16,17). The summed E-state index contributed by atoms with van der Waals surface area (Å²) in [6, 6.07) is 7.62. The molecule has 0 aromatic heterocycles. The van der Waals surface area contributed by atoms with Crippen LogP contribution in [0.25, 0.3) is 5.57 Å². The molecule has 0 fully saturated rings. The van der Waals surface area contributed by atoms with Crippen LogP contribution in [-0.4, -0.2) is 11.6 Å². The van der Waals surface area contributed by atoms with Crippen molar-refractivity contribution in [1.29, 1.82) is 0 Å². The smallest absolute Gasteiger partial charge is 0.221 e. The quantitative estimate of drug-likeness (QED) is 0.801. The Morgan fingerprint density at radius 3 is 2.82 bits per heavy atom. The minimum absolute atomic E-state index is 0.0823. The molecule has 17 heavy (non-hydrogen) atoms. The number of nitrogens with one attached hydrogen (secondary N) is 1. The van der Waals surface area contributed by atoms with E-state index in [1.54, 1.807) is 0 Å². The van der Waals surface area contributed by atoms with Crippen molar-refractivity contribution >= 4 is 34.5 Å². The van der Waals surface area contributed by atoms with Crippen molar-refractivity contribution in [2.24, 2.45) is 4.99 Å². The molecule has 1 N–H and O–H groups in total. The second-order valence-corrected chi connectivity index (χ2v) is 4.41. The van der Waals surface area contributed by atoms with E-state index in [0.29, 0.717) is 5.16 Å². The lowest BCUT2D eigenvalue weighted by Gasteiger charge is -2.06. The van der Waals surface area contributed by atoms with Crippen molar-refractivity contribution < 1.29 is 4.79 Å². The maximum absolute atomic E-state index is 11.0. The second-order valence-electron chi connectivity index (χ2n) is 4.06. The van der Waals surface area contributed by atoms with Gasteiger partial charge in [0.25, 0.3) is 0 Å². The van der Waals surface area contributed by atoms with Crippen molar-refractivity contribution in [3.8, 4) is 0 Å². The topological polar surface area (TPSA) is 41.5 Å². The fraction of sp³-hybridized carbons (Fsp3) is 0.231. The van der Waals surface area contributed by atoms with Crippen molar-refractivity contribution in [1.82, 2.24) is 0 Å². The van der Waals surface area contributed by atoms with Crippen LogP contribution in [0.4, 0.5) is 5.69 Å². The van der Waals surface area contributed by atoms with E-state index in [1.165, 1.54) is 6.92 Å². The van der Waals surface area contributed by atoms with Gasteiger partial charge in [0.15, 0.2) is 0 Å². The molecular formula is C13H13ClN2O. The number of amides is 1. The summed E-state index contributed by atoms with van der Waals surface area (Å²) in [5.41, 5.74) is 3.80. The molecule has 1 aromatic rings. The number of aliphatic imine (C=N–C) groups is 1. The predicted octanol–water partition coefficient (Wildman–Crippen LogP) is 3.42. The Labute approximate surface area is 105 Å². The van der Waals surface area contributed by atoms with E-state index in [9.17, 15) is 4.79 Å². The monoisotopic (exact) mass is 248 g/mol. The Hall–Kier alpha value is -1.61. The molecule has 0 saturated heterocycles. The third kappa shape index (κ3) is 2.74. The number of nitrogens with zero attached hydrogens (tertiary/aromatic N) is 1. The van der Waals surface area contributed by atoms with Gasteiger partial charge >= 0.3 is 0 Å². The molecular weight excluding hydrogens is 236 g/mol. The van der Waals surface area contributed by atoms with Gasteiger partial charge in [-0.3, -0.25) is 4.79 Å². The number of carbonyl (C=O) groups is 1. The lowest BCUT2D eigenvalue weighted by atomic mass is 10.0. The zero-order chi connectivity index (χ0) is 12.4. The number of hydrogen-bond acceptors (Lipinski definition) is 2. The molecule has 1 aliphatic rings. The van der Waals surface area contributed by atoms with Crippen LogP contribution in [0.5, 0.6) is 0 Å². The van der Waals surface area contributed by atoms with E-state index in [4.69, 9.17) is 11.6 Å². The second kappa shape index (κ2) is 4.72. The Balaban J connectivity index is 2.29. The molecule has 0 saturated carbocycles. The van der Waals surface area contributed by atoms with Crippen molar-refractivity contribution in [3.63, 3.8) is 0 Å². The molecule has 4 heteroatoms. The van der Waals surface area contributed by atoms with Crippen LogP contribution in [0.2, 0.25) is 0 Å².